The van der Waals surface area contributed by atoms with Crippen molar-refractivity contribution in [2.75, 3.05) is 19.7 Å². The van der Waals surface area contributed by atoms with Gasteiger partial charge in [-0.05, 0) is 38.5 Å². The molecule has 0 saturated heterocycles. The average Bonchev–Trinajstić information content (AvgIpc) is 2.94. The predicted molar refractivity (Wildman–Crippen MR) is 173 cm³/mol. The highest BCUT2D eigenvalue weighted by atomic mass is 16.3. The van der Waals surface area contributed by atoms with E-state index in [0.29, 0.717) is 13.0 Å². The van der Waals surface area contributed by atoms with Crippen LogP contribution in [-0.2, 0) is 4.79 Å². The maximum Gasteiger partial charge on any atom is 0.222 e. The molecular formula is C36H71NO2. The monoisotopic (exact) mass is 550 g/mol. The van der Waals surface area contributed by atoms with E-state index >= 15 is 0 Å². The molecule has 0 atom stereocenters. The van der Waals surface area contributed by atoms with Crippen LogP contribution in [-0.4, -0.2) is 35.6 Å². The van der Waals surface area contributed by atoms with Crippen LogP contribution in [0.5, 0.6) is 0 Å². The molecule has 0 aromatic heterocycles. The Labute approximate surface area is 246 Å². The molecule has 39 heavy (non-hydrogen) atoms. The van der Waals surface area contributed by atoms with Crippen molar-refractivity contribution >= 4 is 5.91 Å². The average molecular weight is 550 g/mol. The Morgan fingerprint density at radius 3 is 1.26 bits per heavy atom. The van der Waals surface area contributed by atoms with Crippen LogP contribution in [0.25, 0.3) is 0 Å². The van der Waals surface area contributed by atoms with Gasteiger partial charge in [-0.25, -0.2) is 0 Å². The third kappa shape index (κ3) is 30.0. The Hall–Kier alpha value is -0.830. The van der Waals surface area contributed by atoms with Crippen LogP contribution in [0.2, 0.25) is 0 Å². The third-order valence-electron chi connectivity index (χ3n) is 8.16. The molecule has 1 N–H and O–H groups in total. The number of nitrogens with zero attached hydrogens (tertiary/aromatic N) is 1. The van der Waals surface area contributed by atoms with Crippen molar-refractivity contribution in [3.8, 4) is 0 Å². The van der Waals surface area contributed by atoms with Gasteiger partial charge in [-0.15, -0.1) is 0 Å². The lowest BCUT2D eigenvalue weighted by molar-refractivity contribution is -0.131. The molecule has 0 aromatic carbocycles. The standard InChI is InChI=1S/C36H71NO2/c1-3-5-7-9-11-13-15-17-19-20-22-24-26-28-30-32-36(39)37(34-35-38)33-31-29-27-25-23-21-18-16-14-12-10-8-6-4-2/h17,19,38H,3-16,18,20-35H2,1-2H3/b19-17-. The van der Waals surface area contributed by atoms with Gasteiger partial charge in [-0.3, -0.25) is 4.79 Å². The van der Waals surface area contributed by atoms with Crippen molar-refractivity contribution in [2.24, 2.45) is 0 Å². The van der Waals surface area contributed by atoms with Gasteiger partial charge in [0.15, 0.2) is 0 Å². The van der Waals surface area contributed by atoms with E-state index in [2.05, 4.69) is 26.0 Å². The fourth-order valence-corrected chi connectivity index (χ4v) is 5.48. The maximum atomic E-state index is 12.6. The second-order valence-electron chi connectivity index (χ2n) is 12.0. The normalized spacial score (nSPS) is 11.6. The van der Waals surface area contributed by atoms with Crippen LogP contribution < -0.4 is 0 Å². The van der Waals surface area contributed by atoms with Crippen LogP contribution in [0.3, 0.4) is 0 Å². The van der Waals surface area contributed by atoms with Crippen molar-refractivity contribution in [3.05, 3.63) is 12.2 Å². The van der Waals surface area contributed by atoms with Crippen molar-refractivity contribution < 1.29 is 9.90 Å². The van der Waals surface area contributed by atoms with E-state index in [-0.39, 0.29) is 12.5 Å². The van der Waals surface area contributed by atoms with E-state index < -0.39 is 0 Å². The number of carbonyl (C=O) groups is 1. The number of aliphatic hydroxyl groups is 1. The summed E-state index contributed by atoms with van der Waals surface area (Å²) in [4.78, 5) is 14.5. The van der Waals surface area contributed by atoms with Gasteiger partial charge in [0, 0.05) is 19.5 Å². The second-order valence-corrected chi connectivity index (χ2v) is 12.0. The first-order valence-corrected chi connectivity index (χ1v) is 17.8. The molecule has 0 aliphatic heterocycles. The van der Waals surface area contributed by atoms with E-state index in [1.807, 2.05) is 4.90 Å². The van der Waals surface area contributed by atoms with Crippen molar-refractivity contribution in [2.45, 2.75) is 194 Å². The molecule has 0 radical (unpaired) electrons. The van der Waals surface area contributed by atoms with Crippen LogP contribution in [0.15, 0.2) is 12.2 Å². The molecule has 0 saturated carbocycles. The van der Waals surface area contributed by atoms with Gasteiger partial charge in [0.25, 0.3) is 0 Å². The second kappa shape index (κ2) is 33.4. The smallest absolute Gasteiger partial charge is 0.222 e. The minimum Gasteiger partial charge on any atom is -0.395 e. The summed E-state index contributed by atoms with van der Waals surface area (Å²) in [5.41, 5.74) is 0. The molecule has 1 amide bonds. The largest absolute Gasteiger partial charge is 0.395 e. The molecule has 0 aliphatic carbocycles. The molecule has 232 valence electrons. The van der Waals surface area contributed by atoms with E-state index in [4.69, 9.17) is 0 Å². The van der Waals surface area contributed by atoms with Crippen LogP contribution in [0.1, 0.15) is 194 Å². The maximum absolute atomic E-state index is 12.6. The molecule has 3 nitrogen and oxygen atoms in total. The summed E-state index contributed by atoms with van der Waals surface area (Å²) in [5.74, 6) is 0.247. The van der Waals surface area contributed by atoms with E-state index in [1.54, 1.807) is 0 Å². The Morgan fingerprint density at radius 1 is 0.487 bits per heavy atom. The highest BCUT2D eigenvalue weighted by molar-refractivity contribution is 5.76. The van der Waals surface area contributed by atoms with Crippen LogP contribution in [0, 0.1) is 0 Å². The van der Waals surface area contributed by atoms with Gasteiger partial charge < -0.3 is 10.0 Å². The highest BCUT2D eigenvalue weighted by Gasteiger charge is 2.12. The van der Waals surface area contributed by atoms with Crippen molar-refractivity contribution in [1.82, 2.24) is 4.90 Å². The molecule has 0 heterocycles. The van der Waals surface area contributed by atoms with E-state index in [9.17, 15) is 9.90 Å². The zero-order chi connectivity index (χ0) is 28.5. The SMILES string of the molecule is CCCCCCCC/C=C\CCCCCCCC(=O)N(CCO)CCCCCCCCCCCCCCCC. The Morgan fingerprint density at radius 2 is 0.846 bits per heavy atom. The first-order chi connectivity index (χ1) is 19.3. The Bertz CT molecular complexity index is 504. The highest BCUT2D eigenvalue weighted by Crippen LogP contribution is 2.14. The first-order valence-electron chi connectivity index (χ1n) is 17.8. The third-order valence-corrected chi connectivity index (χ3v) is 8.16. The number of hydrogen-bond donors (Lipinski definition) is 1. The molecular weight excluding hydrogens is 478 g/mol. The molecule has 0 unspecified atom stereocenters. The van der Waals surface area contributed by atoms with E-state index in [0.717, 1.165) is 25.8 Å². The van der Waals surface area contributed by atoms with Crippen molar-refractivity contribution in [1.29, 1.82) is 0 Å². The lowest BCUT2D eigenvalue weighted by Crippen LogP contribution is -2.34. The lowest BCUT2D eigenvalue weighted by atomic mass is 10.0. The van der Waals surface area contributed by atoms with Gasteiger partial charge in [0.2, 0.25) is 5.91 Å². The summed E-state index contributed by atoms with van der Waals surface area (Å²) in [6, 6.07) is 0. The number of carbonyl (C=O) groups excluding carboxylic acids is 1. The van der Waals surface area contributed by atoms with E-state index in [1.165, 1.54) is 154 Å². The van der Waals surface area contributed by atoms with Gasteiger partial charge in [0.1, 0.15) is 0 Å². The Kier molecular flexibility index (Phi) is 32.7. The molecule has 0 rings (SSSR count). The number of amides is 1. The number of rotatable bonds is 32. The number of allylic oxidation sites excluding steroid dienone is 2. The minimum atomic E-state index is 0.0801. The predicted octanol–water partition coefficient (Wildman–Crippen LogP) is 11.3. The summed E-state index contributed by atoms with van der Waals surface area (Å²) in [6.07, 6.45) is 41.0. The fraction of sp³-hybridized carbons (Fsp3) is 0.917. The summed E-state index contributed by atoms with van der Waals surface area (Å²) in [7, 11) is 0. The molecule has 0 aromatic rings. The molecule has 0 bridgehead atoms. The van der Waals surface area contributed by atoms with Crippen LogP contribution >= 0.6 is 0 Å². The summed E-state index contributed by atoms with van der Waals surface area (Å²) in [6.45, 7) is 5.96. The quantitative estimate of drug-likeness (QED) is 0.0669. The topological polar surface area (TPSA) is 40.5 Å². The van der Waals surface area contributed by atoms with Gasteiger partial charge in [0.05, 0.1) is 6.61 Å². The number of aliphatic hydroxyl groups excluding tert-OH is 1. The molecule has 3 heteroatoms. The molecule has 0 aliphatic rings. The molecule has 0 spiro atoms. The molecule has 0 fully saturated rings. The van der Waals surface area contributed by atoms with Crippen LogP contribution in [0.4, 0.5) is 0 Å². The van der Waals surface area contributed by atoms with Gasteiger partial charge >= 0.3 is 0 Å². The van der Waals surface area contributed by atoms with Gasteiger partial charge in [-0.2, -0.15) is 0 Å². The summed E-state index contributed by atoms with van der Waals surface area (Å²) in [5, 5.41) is 9.41. The zero-order valence-corrected chi connectivity index (χ0v) is 26.9. The number of hydrogen-bond acceptors (Lipinski definition) is 2. The first kappa shape index (κ1) is 38.2. The zero-order valence-electron chi connectivity index (χ0n) is 26.9. The lowest BCUT2D eigenvalue weighted by Gasteiger charge is -2.22. The number of unbranched alkanes of at least 4 members (excludes halogenated alkanes) is 24. The Balaban J connectivity index is 3.56. The fourth-order valence-electron chi connectivity index (χ4n) is 5.48. The minimum absolute atomic E-state index is 0.0801. The summed E-state index contributed by atoms with van der Waals surface area (Å²) >= 11 is 0. The summed E-state index contributed by atoms with van der Waals surface area (Å²) < 4.78 is 0. The van der Waals surface area contributed by atoms with Crippen molar-refractivity contribution in [3.63, 3.8) is 0 Å². The van der Waals surface area contributed by atoms with Gasteiger partial charge in [-0.1, -0.05) is 161 Å².